The standard InChI is InChI=1S/C8H17O2/c1-3-5-8(10)6-7(9)4-2/h3,7-10H,4-6H2,1-2H3. The molecule has 0 spiro atoms. The summed E-state index contributed by atoms with van der Waals surface area (Å²) < 4.78 is 0. The lowest BCUT2D eigenvalue weighted by Crippen LogP contribution is -2.16. The van der Waals surface area contributed by atoms with Crippen molar-refractivity contribution in [2.45, 2.75) is 45.3 Å². The average Bonchev–Trinajstić information content (AvgIpc) is 1.88. The molecular formula is C8H17O2. The Kier molecular flexibility index (Phi) is 5.64. The van der Waals surface area contributed by atoms with E-state index in [-0.39, 0.29) is 12.2 Å². The Bertz CT molecular complexity index is 73.7. The van der Waals surface area contributed by atoms with Crippen molar-refractivity contribution in [3.05, 3.63) is 6.42 Å². The molecule has 10 heavy (non-hydrogen) atoms. The number of aliphatic hydroxyl groups excluding tert-OH is 2. The summed E-state index contributed by atoms with van der Waals surface area (Å²) in [5.74, 6) is 0. The van der Waals surface area contributed by atoms with E-state index in [1.807, 2.05) is 20.3 Å². The molecule has 0 aliphatic carbocycles. The predicted octanol–water partition coefficient (Wildman–Crippen LogP) is 1.12. The maximum absolute atomic E-state index is 9.16. The molecule has 1 radical (unpaired) electrons. The van der Waals surface area contributed by atoms with Gasteiger partial charge < -0.3 is 10.2 Å². The Morgan fingerprint density at radius 3 is 2.30 bits per heavy atom. The second-order valence-electron chi connectivity index (χ2n) is 2.60. The van der Waals surface area contributed by atoms with Crippen LogP contribution in [0.25, 0.3) is 0 Å². The number of rotatable bonds is 5. The highest BCUT2D eigenvalue weighted by atomic mass is 16.3. The SMILES string of the molecule is C[CH]CC(O)CC(O)CC. The zero-order chi connectivity index (χ0) is 7.98. The molecule has 0 saturated heterocycles. The van der Waals surface area contributed by atoms with Crippen LogP contribution in [0.1, 0.15) is 33.1 Å². The Hall–Kier alpha value is -0.0800. The van der Waals surface area contributed by atoms with E-state index in [0.29, 0.717) is 12.8 Å². The van der Waals surface area contributed by atoms with Gasteiger partial charge in [0.1, 0.15) is 0 Å². The highest BCUT2D eigenvalue weighted by molar-refractivity contribution is 4.68. The molecular weight excluding hydrogens is 128 g/mol. The van der Waals surface area contributed by atoms with Crippen molar-refractivity contribution in [1.82, 2.24) is 0 Å². The molecule has 0 amide bonds. The summed E-state index contributed by atoms with van der Waals surface area (Å²) in [6, 6.07) is 0. The Morgan fingerprint density at radius 1 is 1.30 bits per heavy atom. The van der Waals surface area contributed by atoms with Crippen LogP contribution in [0, 0.1) is 6.42 Å². The first kappa shape index (κ1) is 9.92. The van der Waals surface area contributed by atoms with Crippen LogP contribution in [-0.4, -0.2) is 22.4 Å². The molecule has 0 bridgehead atoms. The average molecular weight is 145 g/mol. The molecule has 0 fully saturated rings. The third kappa shape index (κ3) is 4.77. The second kappa shape index (κ2) is 5.69. The van der Waals surface area contributed by atoms with Crippen molar-refractivity contribution >= 4 is 0 Å². The van der Waals surface area contributed by atoms with Crippen molar-refractivity contribution in [3.63, 3.8) is 0 Å². The minimum Gasteiger partial charge on any atom is -0.393 e. The molecule has 0 heterocycles. The fourth-order valence-corrected chi connectivity index (χ4v) is 0.849. The lowest BCUT2D eigenvalue weighted by Gasteiger charge is -2.12. The van der Waals surface area contributed by atoms with Gasteiger partial charge in [-0.2, -0.15) is 0 Å². The van der Waals surface area contributed by atoms with Gasteiger partial charge in [0.15, 0.2) is 0 Å². The quantitative estimate of drug-likeness (QED) is 0.608. The molecule has 0 aromatic carbocycles. The molecule has 2 nitrogen and oxygen atoms in total. The summed E-state index contributed by atoms with van der Waals surface area (Å²) in [4.78, 5) is 0. The number of hydrogen-bond donors (Lipinski definition) is 2. The Morgan fingerprint density at radius 2 is 1.90 bits per heavy atom. The van der Waals surface area contributed by atoms with Crippen molar-refractivity contribution in [3.8, 4) is 0 Å². The molecule has 2 unspecified atom stereocenters. The Labute approximate surface area is 62.9 Å². The first-order valence-corrected chi connectivity index (χ1v) is 3.84. The normalized spacial score (nSPS) is 16.8. The highest BCUT2D eigenvalue weighted by Gasteiger charge is 2.08. The summed E-state index contributed by atoms with van der Waals surface area (Å²) in [6.45, 7) is 3.81. The van der Waals surface area contributed by atoms with Crippen LogP contribution < -0.4 is 0 Å². The third-order valence-electron chi connectivity index (χ3n) is 1.52. The predicted molar refractivity (Wildman–Crippen MR) is 41.5 cm³/mol. The van der Waals surface area contributed by atoms with E-state index in [9.17, 15) is 0 Å². The maximum atomic E-state index is 9.16. The zero-order valence-corrected chi connectivity index (χ0v) is 6.75. The van der Waals surface area contributed by atoms with Gasteiger partial charge in [-0.15, -0.1) is 0 Å². The van der Waals surface area contributed by atoms with E-state index in [0.717, 1.165) is 6.42 Å². The summed E-state index contributed by atoms with van der Waals surface area (Å²) >= 11 is 0. The Balaban J connectivity index is 3.27. The first-order chi connectivity index (χ1) is 4.70. The van der Waals surface area contributed by atoms with E-state index in [2.05, 4.69) is 0 Å². The summed E-state index contributed by atoms with van der Waals surface area (Å²) in [5, 5.41) is 18.2. The van der Waals surface area contributed by atoms with Gasteiger partial charge >= 0.3 is 0 Å². The molecule has 0 aliphatic heterocycles. The molecule has 0 aliphatic rings. The molecule has 0 aromatic rings. The van der Waals surface area contributed by atoms with E-state index in [1.165, 1.54) is 0 Å². The zero-order valence-electron chi connectivity index (χ0n) is 6.75. The van der Waals surface area contributed by atoms with Gasteiger partial charge in [0.25, 0.3) is 0 Å². The maximum Gasteiger partial charge on any atom is 0.0567 e. The van der Waals surface area contributed by atoms with Gasteiger partial charge in [-0.25, -0.2) is 0 Å². The lowest BCUT2D eigenvalue weighted by molar-refractivity contribution is 0.0783. The largest absolute Gasteiger partial charge is 0.393 e. The number of hydrogen-bond acceptors (Lipinski definition) is 2. The van der Waals surface area contributed by atoms with Crippen LogP contribution in [0.4, 0.5) is 0 Å². The van der Waals surface area contributed by atoms with E-state index < -0.39 is 0 Å². The van der Waals surface area contributed by atoms with Crippen molar-refractivity contribution in [1.29, 1.82) is 0 Å². The third-order valence-corrected chi connectivity index (χ3v) is 1.52. The topological polar surface area (TPSA) is 40.5 Å². The van der Waals surface area contributed by atoms with Crippen LogP contribution in [-0.2, 0) is 0 Å². The van der Waals surface area contributed by atoms with Gasteiger partial charge in [0, 0.05) is 0 Å². The fraction of sp³-hybridized carbons (Fsp3) is 0.875. The molecule has 2 heteroatoms. The highest BCUT2D eigenvalue weighted by Crippen LogP contribution is 2.05. The van der Waals surface area contributed by atoms with Crippen LogP contribution in [0.5, 0.6) is 0 Å². The monoisotopic (exact) mass is 145 g/mol. The van der Waals surface area contributed by atoms with Crippen molar-refractivity contribution in [2.24, 2.45) is 0 Å². The second-order valence-corrected chi connectivity index (χ2v) is 2.60. The summed E-state index contributed by atoms with van der Waals surface area (Å²) in [7, 11) is 0. The minimum absolute atomic E-state index is 0.338. The lowest BCUT2D eigenvalue weighted by atomic mass is 10.1. The summed E-state index contributed by atoms with van der Waals surface area (Å²) in [6.07, 6.45) is 3.11. The van der Waals surface area contributed by atoms with Gasteiger partial charge in [-0.3, -0.25) is 0 Å². The van der Waals surface area contributed by atoms with Crippen LogP contribution in [0.15, 0.2) is 0 Å². The van der Waals surface area contributed by atoms with Crippen molar-refractivity contribution in [2.75, 3.05) is 0 Å². The van der Waals surface area contributed by atoms with Gasteiger partial charge in [-0.1, -0.05) is 13.8 Å². The molecule has 0 saturated carbocycles. The van der Waals surface area contributed by atoms with E-state index in [1.54, 1.807) is 0 Å². The van der Waals surface area contributed by atoms with E-state index >= 15 is 0 Å². The molecule has 2 atom stereocenters. The fourth-order valence-electron chi connectivity index (χ4n) is 0.849. The van der Waals surface area contributed by atoms with Crippen LogP contribution in [0.3, 0.4) is 0 Å². The van der Waals surface area contributed by atoms with Crippen LogP contribution in [0.2, 0.25) is 0 Å². The smallest absolute Gasteiger partial charge is 0.0567 e. The van der Waals surface area contributed by atoms with Crippen molar-refractivity contribution < 1.29 is 10.2 Å². The molecule has 2 N–H and O–H groups in total. The molecule has 0 aromatic heterocycles. The van der Waals surface area contributed by atoms with Crippen LogP contribution >= 0.6 is 0 Å². The first-order valence-electron chi connectivity index (χ1n) is 3.84. The van der Waals surface area contributed by atoms with E-state index in [4.69, 9.17) is 10.2 Å². The summed E-state index contributed by atoms with van der Waals surface area (Å²) in [5.41, 5.74) is 0. The number of aliphatic hydroxyl groups is 2. The minimum atomic E-state index is -0.361. The molecule has 0 rings (SSSR count). The van der Waals surface area contributed by atoms with Gasteiger partial charge in [0.2, 0.25) is 0 Å². The van der Waals surface area contributed by atoms with Gasteiger partial charge in [0.05, 0.1) is 12.2 Å². The molecule has 61 valence electrons. The van der Waals surface area contributed by atoms with Gasteiger partial charge in [-0.05, 0) is 25.7 Å².